The van der Waals surface area contributed by atoms with Crippen molar-refractivity contribution < 1.29 is 17.9 Å². The minimum absolute atomic E-state index is 0.0884. The predicted molar refractivity (Wildman–Crippen MR) is 107 cm³/mol. The molecule has 0 atom stereocenters. The Morgan fingerprint density at radius 3 is 2.43 bits per heavy atom. The molecule has 3 aromatic rings. The summed E-state index contributed by atoms with van der Waals surface area (Å²) < 4.78 is 38.2. The second kappa shape index (κ2) is 7.05. The third kappa shape index (κ3) is 3.72. The fraction of sp³-hybridized carbons (Fsp3) is 0.150. The molecule has 0 fully saturated rings. The van der Waals surface area contributed by atoms with E-state index in [4.69, 9.17) is 9.47 Å². The van der Waals surface area contributed by atoms with Gasteiger partial charge in [0.2, 0.25) is 6.79 Å². The predicted octanol–water partition coefficient (Wildman–Crippen LogP) is 3.97. The fourth-order valence-electron chi connectivity index (χ4n) is 2.75. The van der Waals surface area contributed by atoms with Gasteiger partial charge in [0.15, 0.2) is 11.5 Å². The molecule has 8 heteroatoms. The van der Waals surface area contributed by atoms with E-state index in [1.54, 1.807) is 18.2 Å². The molecule has 2 heterocycles. The van der Waals surface area contributed by atoms with E-state index in [9.17, 15) is 8.42 Å². The van der Waals surface area contributed by atoms with Crippen molar-refractivity contribution in [2.45, 2.75) is 18.7 Å². The van der Waals surface area contributed by atoms with Gasteiger partial charge in [-0.2, -0.15) is 0 Å². The van der Waals surface area contributed by atoms with Crippen molar-refractivity contribution in [3.8, 4) is 11.5 Å². The summed E-state index contributed by atoms with van der Waals surface area (Å²) in [5.74, 6) is 1.56. The molecular formula is C20H19N3O4S. The van der Waals surface area contributed by atoms with Crippen molar-refractivity contribution in [2.24, 2.45) is 0 Å². The number of pyridine rings is 1. The summed E-state index contributed by atoms with van der Waals surface area (Å²) >= 11 is 0. The molecule has 2 N–H and O–H groups in total. The summed E-state index contributed by atoms with van der Waals surface area (Å²) in [5, 5.41) is 3.20. The Morgan fingerprint density at radius 2 is 1.68 bits per heavy atom. The molecule has 0 bridgehead atoms. The van der Waals surface area contributed by atoms with E-state index in [1.165, 1.54) is 29.5 Å². The Bertz CT molecular complexity index is 1130. The van der Waals surface area contributed by atoms with Crippen LogP contribution in [0, 0.1) is 13.8 Å². The first-order valence-corrected chi connectivity index (χ1v) is 10.1. The maximum atomic E-state index is 12.6. The molecule has 1 aliphatic rings. The first kappa shape index (κ1) is 18.1. The minimum atomic E-state index is -3.76. The van der Waals surface area contributed by atoms with Crippen LogP contribution in [0.4, 0.5) is 17.2 Å². The Morgan fingerprint density at radius 1 is 0.893 bits per heavy atom. The Kier molecular flexibility index (Phi) is 4.56. The first-order valence-electron chi connectivity index (χ1n) is 8.63. The highest BCUT2D eigenvalue weighted by molar-refractivity contribution is 7.92. The number of sulfonamides is 1. The number of hydrogen-bond acceptors (Lipinski definition) is 6. The molecule has 144 valence electrons. The lowest BCUT2D eigenvalue weighted by Gasteiger charge is -2.10. The van der Waals surface area contributed by atoms with Gasteiger partial charge in [-0.05, 0) is 61.4 Å². The van der Waals surface area contributed by atoms with Crippen molar-refractivity contribution in [1.29, 1.82) is 0 Å². The number of aryl methyl sites for hydroxylation is 2. The highest BCUT2D eigenvalue weighted by Crippen LogP contribution is 2.34. The van der Waals surface area contributed by atoms with Crippen molar-refractivity contribution in [3.05, 3.63) is 65.9 Å². The number of fused-ring (bicyclic) bond motifs is 1. The lowest BCUT2D eigenvalue weighted by Crippen LogP contribution is -2.13. The van der Waals surface area contributed by atoms with Crippen molar-refractivity contribution in [3.63, 3.8) is 0 Å². The molecular weight excluding hydrogens is 378 g/mol. The zero-order chi connectivity index (χ0) is 19.7. The highest BCUT2D eigenvalue weighted by Gasteiger charge is 2.20. The monoisotopic (exact) mass is 397 g/mol. The van der Waals surface area contributed by atoms with Gasteiger partial charge in [-0.1, -0.05) is 6.07 Å². The SMILES string of the molecule is Cc1ccc(Nc2ccc(NS(=O)(=O)c3ccc4c(c3)OCO4)cn2)cc1C. The van der Waals surface area contributed by atoms with Gasteiger partial charge < -0.3 is 14.8 Å². The van der Waals surface area contributed by atoms with E-state index in [1.807, 2.05) is 25.1 Å². The number of anilines is 3. The molecule has 2 aromatic carbocycles. The van der Waals surface area contributed by atoms with Crippen LogP contribution in [-0.4, -0.2) is 20.2 Å². The lowest BCUT2D eigenvalue weighted by atomic mass is 10.1. The zero-order valence-electron chi connectivity index (χ0n) is 15.4. The molecule has 1 aromatic heterocycles. The molecule has 0 radical (unpaired) electrons. The summed E-state index contributed by atoms with van der Waals surface area (Å²) in [6.07, 6.45) is 1.47. The number of hydrogen-bond donors (Lipinski definition) is 2. The number of ether oxygens (including phenoxy) is 2. The molecule has 28 heavy (non-hydrogen) atoms. The van der Waals surface area contributed by atoms with E-state index >= 15 is 0 Å². The van der Waals surface area contributed by atoms with Gasteiger partial charge in [-0.3, -0.25) is 4.72 Å². The highest BCUT2D eigenvalue weighted by atomic mass is 32.2. The van der Waals surface area contributed by atoms with E-state index in [-0.39, 0.29) is 11.7 Å². The van der Waals surface area contributed by atoms with Crippen LogP contribution in [-0.2, 0) is 10.0 Å². The van der Waals surface area contributed by atoms with Crippen LogP contribution in [0.25, 0.3) is 0 Å². The summed E-state index contributed by atoms with van der Waals surface area (Å²) in [6, 6.07) is 13.9. The third-order valence-corrected chi connectivity index (χ3v) is 5.83. The maximum Gasteiger partial charge on any atom is 0.262 e. The lowest BCUT2D eigenvalue weighted by molar-refractivity contribution is 0.174. The van der Waals surface area contributed by atoms with Gasteiger partial charge in [0.1, 0.15) is 5.82 Å². The molecule has 0 aliphatic carbocycles. The second-order valence-corrected chi connectivity index (χ2v) is 8.16. The van der Waals surface area contributed by atoms with Gasteiger partial charge in [0.25, 0.3) is 10.0 Å². The summed E-state index contributed by atoms with van der Waals surface area (Å²) in [5.41, 5.74) is 3.68. The van der Waals surface area contributed by atoms with Crippen LogP contribution in [0.3, 0.4) is 0 Å². The molecule has 1 aliphatic heterocycles. The Labute approximate surface area is 163 Å². The average molecular weight is 397 g/mol. The number of benzene rings is 2. The molecule has 0 spiro atoms. The molecule has 0 unspecified atom stereocenters. The summed E-state index contributed by atoms with van der Waals surface area (Å²) in [4.78, 5) is 4.37. The van der Waals surface area contributed by atoms with Gasteiger partial charge in [0, 0.05) is 11.8 Å². The van der Waals surface area contributed by atoms with Crippen LogP contribution in [0.2, 0.25) is 0 Å². The van der Waals surface area contributed by atoms with Crippen molar-refractivity contribution >= 4 is 27.2 Å². The van der Waals surface area contributed by atoms with Crippen molar-refractivity contribution in [1.82, 2.24) is 4.98 Å². The largest absolute Gasteiger partial charge is 0.454 e. The van der Waals surface area contributed by atoms with Crippen molar-refractivity contribution in [2.75, 3.05) is 16.8 Å². The molecule has 0 saturated carbocycles. The molecule has 0 amide bonds. The van der Waals surface area contributed by atoms with Crippen LogP contribution >= 0.6 is 0 Å². The summed E-state index contributed by atoms with van der Waals surface area (Å²) in [7, 11) is -3.76. The quantitative estimate of drug-likeness (QED) is 0.677. The van der Waals surface area contributed by atoms with Crippen LogP contribution in [0.5, 0.6) is 11.5 Å². The Hall–Kier alpha value is -3.26. The zero-order valence-corrected chi connectivity index (χ0v) is 16.2. The fourth-order valence-corrected chi connectivity index (χ4v) is 3.81. The van der Waals surface area contributed by atoms with E-state index in [0.29, 0.717) is 23.0 Å². The maximum absolute atomic E-state index is 12.6. The third-order valence-electron chi connectivity index (χ3n) is 4.45. The number of nitrogens with zero attached hydrogens (tertiary/aromatic N) is 1. The second-order valence-electron chi connectivity index (χ2n) is 6.48. The number of aromatic nitrogens is 1. The number of rotatable bonds is 5. The first-order chi connectivity index (χ1) is 13.4. The topological polar surface area (TPSA) is 89.5 Å². The van der Waals surface area contributed by atoms with Gasteiger partial charge in [-0.25, -0.2) is 13.4 Å². The van der Waals surface area contributed by atoms with E-state index in [0.717, 1.165) is 5.69 Å². The normalized spacial score (nSPS) is 12.6. The standard InChI is InChI=1S/C20H19N3O4S/c1-13-3-4-15(9-14(13)2)22-20-8-5-16(11-21-20)23-28(24,25)17-6-7-18-19(10-17)27-12-26-18/h3-11,23H,12H2,1-2H3,(H,21,22). The molecule has 4 rings (SSSR count). The van der Waals surface area contributed by atoms with E-state index in [2.05, 4.69) is 21.9 Å². The van der Waals surface area contributed by atoms with Gasteiger partial charge in [-0.15, -0.1) is 0 Å². The molecule has 0 saturated heterocycles. The average Bonchev–Trinajstić information content (AvgIpc) is 3.14. The van der Waals surface area contributed by atoms with Crippen LogP contribution < -0.4 is 19.5 Å². The summed E-state index contributed by atoms with van der Waals surface area (Å²) in [6.45, 7) is 4.19. The van der Waals surface area contributed by atoms with Gasteiger partial charge >= 0.3 is 0 Å². The minimum Gasteiger partial charge on any atom is -0.454 e. The van der Waals surface area contributed by atoms with E-state index < -0.39 is 10.0 Å². The molecule has 7 nitrogen and oxygen atoms in total. The number of nitrogens with one attached hydrogen (secondary N) is 2. The van der Waals surface area contributed by atoms with Gasteiger partial charge in [0.05, 0.1) is 16.8 Å². The smallest absolute Gasteiger partial charge is 0.262 e. The Balaban J connectivity index is 1.48. The van der Waals surface area contributed by atoms with Crippen LogP contribution in [0.1, 0.15) is 11.1 Å². The van der Waals surface area contributed by atoms with Crippen LogP contribution in [0.15, 0.2) is 59.6 Å².